The number of carbonyl (C=O) groups excluding carboxylic acids is 2. The second kappa shape index (κ2) is 10.5. The van der Waals surface area contributed by atoms with Crippen molar-refractivity contribution >= 4 is 49.2 Å². The number of hydrogen-bond donors (Lipinski definition) is 0. The molecule has 34 heavy (non-hydrogen) atoms. The van der Waals surface area contributed by atoms with Crippen molar-refractivity contribution in [3.05, 3.63) is 34.9 Å². The van der Waals surface area contributed by atoms with Gasteiger partial charge in [-0.2, -0.15) is 0 Å². The van der Waals surface area contributed by atoms with Crippen molar-refractivity contribution in [2.24, 2.45) is 11.8 Å². The van der Waals surface area contributed by atoms with E-state index in [1.807, 2.05) is 46.8 Å². The molecule has 0 aliphatic carbocycles. The van der Waals surface area contributed by atoms with Crippen molar-refractivity contribution in [2.75, 3.05) is 0 Å². The Morgan fingerprint density at radius 1 is 1.12 bits per heavy atom. The van der Waals surface area contributed by atoms with Crippen molar-refractivity contribution in [3.8, 4) is 0 Å². The van der Waals surface area contributed by atoms with Gasteiger partial charge in [0.2, 0.25) is 5.91 Å². The fourth-order valence-corrected chi connectivity index (χ4v) is 5.97. The molecular weight excluding hydrogens is 486 g/mol. The lowest BCUT2D eigenvalue weighted by atomic mass is 9.74. The van der Waals surface area contributed by atoms with Crippen LogP contribution in [0, 0.1) is 11.8 Å². The third-order valence-corrected chi connectivity index (χ3v) is 12.4. The van der Waals surface area contributed by atoms with Crippen LogP contribution in [0.4, 0.5) is 0 Å². The van der Waals surface area contributed by atoms with Gasteiger partial charge in [-0.1, -0.05) is 63.6 Å². The number of hydrogen-bond acceptors (Lipinski definition) is 5. The highest BCUT2D eigenvalue weighted by Gasteiger charge is 2.57. The van der Waals surface area contributed by atoms with Gasteiger partial charge >= 0.3 is 0 Å². The summed E-state index contributed by atoms with van der Waals surface area (Å²) in [6.45, 7) is 20.5. The first kappa shape index (κ1) is 29.1. The summed E-state index contributed by atoms with van der Waals surface area (Å²) < 4.78 is 12.6. The first-order chi connectivity index (χ1) is 15.4. The molecule has 0 saturated carbocycles. The predicted molar refractivity (Wildman–Crippen MR) is 145 cm³/mol. The maximum atomic E-state index is 13.5. The van der Waals surface area contributed by atoms with Crippen LogP contribution in [-0.2, 0) is 18.8 Å². The quantitative estimate of drug-likeness (QED) is 0.125. The topological polar surface area (TPSA) is 55.8 Å². The average molecular weight is 526 g/mol. The number of nitrogens with zero attached hydrogens (tertiary/aromatic N) is 1. The first-order valence-corrected chi connectivity index (χ1v) is 15.5. The van der Waals surface area contributed by atoms with Crippen LogP contribution in [0.5, 0.6) is 0 Å². The molecule has 8 heteroatoms. The third kappa shape index (κ3) is 6.35. The Morgan fingerprint density at radius 3 is 2.09 bits per heavy atom. The molecule has 1 heterocycles. The molecule has 1 aromatic rings. The lowest BCUT2D eigenvalue weighted by Crippen LogP contribution is -2.72. The normalized spacial score (nSPS) is 22.1. The van der Waals surface area contributed by atoms with E-state index in [0.717, 1.165) is 5.56 Å². The number of halogens is 1. The van der Waals surface area contributed by atoms with Crippen molar-refractivity contribution in [2.45, 2.75) is 97.5 Å². The summed E-state index contributed by atoms with van der Waals surface area (Å²) in [6.07, 6.45) is -0.597. The Morgan fingerprint density at radius 2 is 1.65 bits per heavy atom. The molecule has 1 fully saturated rings. The molecular formula is C26H40ClNO4SSi. The van der Waals surface area contributed by atoms with Gasteiger partial charge in [0.25, 0.3) is 0 Å². The number of amides is 1. The summed E-state index contributed by atoms with van der Waals surface area (Å²) in [5.74, 6) is -0.751. The van der Waals surface area contributed by atoms with Crippen LogP contribution < -0.4 is 0 Å². The van der Waals surface area contributed by atoms with E-state index in [2.05, 4.69) is 33.9 Å². The first-order valence-electron chi connectivity index (χ1n) is 11.8. The minimum absolute atomic E-state index is 0.00808. The Kier molecular flexibility index (Phi) is 8.96. The fourth-order valence-electron chi connectivity index (χ4n) is 4.14. The maximum absolute atomic E-state index is 13.5. The number of thiocarbonyl (C=S) groups is 1. The second-order valence-electron chi connectivity index (χ2n) is 11.8. The van der Waals surface area contributed by atoms with E-state index in [0.29, 0.717) is 16.2 Å². The summed E-state index contributed by atoms with van der Waals surface area (Å²) in [4.78, 5) is 27.8. The molecule has 5 atom stereocenters. The molecule has 0 radical (unpaired) electrons. The second-order valence-corrected chi connectivity index (χ2v) is 17.4. The number of ether oxygens (including phenoxy) is 1. The number of aldehydes is 1. The fraction of sp³-hybridized carbons (Fsp3) is 0.654. The zero-order chi connectivity index (χ0) is 26.2. The van der Waals surface area contributed by atoms with Gasteiger partial charge in [0.05, 0.1) is 23.7 Å². The minimum atomic E-state index is -2.12. The van der Waals surface area contributed by atoms with Crippen LogP contribution in [0.2, 0.25) is 23.2 Å². The number of likely N-dealkylation sites (tertiary alicyclic amines) is 1. The van der Waals surface area contributed by atoms with Gasteiger partial charge in [-0.3, -0.25) is 9.59 Å². The molecule has 0 spiro atoms. The van der Waals surface area contributed by atoms with E-state index >= 15 is 0 Å². The highest BCUT2D eigenvalue weighted by Crippen LogP contribution is 2.43. The number of rotatable bonds is 9. The van der Waals surface area contributed by atoms with Crippen molar-refractivity contribution in [1.82, 2.24) is 4.90 Å². The minimum Gasteiger partial charge on any atom is -0.413 e. The lowest BCUT2D eigenvalue weighted by molar-refractivity contribution is -0.205. The van der Waals surface area contributed by atoms with E-state index in [1.165, 1.54) is 0 Å². The monoisotopic (exact) mass is 525 g/mol. The van der Waals surface area contributed by atoms with Crippen molar-refractivity contribution in [1.29, 1.82) is 0 Å². The highest BCUT2D eigenvalue weighted by atomic mass is 35.5. The Bertz CT molecular complexity index is 907. The van der Waals surface area contributed by atoms with Crippen LogP contribution in [0.3, 0.4) is 0 Å². The molecule has 0 bridgehead atoms. The summed E-state index contributed by atoms with van der Waals surface area (Å²) >= 11 is 11.9. The van der Waals surface area contributed by atoms with Gasteiger partial charge in [0.15, 0.2) is 20.8 Å². The lowest BCUT2D eigenvalue weighted by Gasteiger charge is -2.55. The van der Waals surface area contributed by atoms with Gasteiger partial charge in [-0.15, -0.1) is 0 Å². The predicted octanol–water partition coefficient (Wildman–Crippen LogP) is 6.27. The average Bonchev–Trinajstić information content (AvgIpc) is 2.68. The van der Waals surface area contributed by atoms with E-state index in [-0.39, 0.29) is 29.0 Å². The summed E-state index contributed by atoms with van der Waals surface area (Å²) in [5.41, 5.74) is 0.285. The molecule has 0 aromatic heterocycles. The molecule has 1 aliphatic rings. The molecule has 190 valence electrons. The van der Waals surface area contributed by atoms with Gasteiger partial charge in [0.1, 0.15) is 0 Å². The molecule has 1 unspecified atom stereocenters. The smallest absolute Gasteiger partial charge is 0.233 e. The van der Waals surface area contributed by atoms with Gasteiger partial charge in [-0.05, 0) is 63.5 Å². The van der Waals surface area contributed by atoms with Gasteiger partial charge in [0, 0.05) is 15.8 Å². The summed E-state index contributed by atoms with van der Waals surface area (Å²) in [7, 11) is -2.12. The number of carbonyl (C=O) groups is 2. The molecule has 0 N–H and O–H groups in total. The molecule has 1 saturated heterocycles. The van der Waals surface area contributed by atoms with Gasteiger partial charge in [-0.25, -0.2) is 0 Å². The van der Waals surface area contributed by atoms with Gasteiger partial charge < -0.3 is 14.1 Å². The van der Waals surface area contributed by atoms with Crippen LogP contribution in [-0.4, -0.2) is 54.2 Å². The zero-order valence-electron chi connectivity index (χ0n) is 22.1. The maximum Gasteiger partial charge on any atom is 0.233 e. The molecule has 5 nitrogen and oxygen atoms in total. The largest absolute Gasteiger partial charge is 0.413 e. The summed E-state index contributed by atoms with van der Waals surface area (Å²) in [6, 6.07) is 7.06. The van der Waals surface area contributed by atoms with Crippen LogP contribution in [0.1, 0.15) is 61.0 Å². The van der Waals surface area contributed by atoms with Crippen LogP contribution >= 0.6 is 23.8 Å². The SMILES string of the molecule is C[C@@H](O[Si](C)(C)C(C)(C)C)[C@H]1C(=O)N(C(C=O)OC(C)(C)C)[C@@H]1[C@@H](C)C(=S)c1ccc(Cl)cc1. The van der Waals surface area contributed by atoms with Crippen molar-refractivity contribution in [3.63, 3.8) is 0 Å². The summed E-state index contributed by atoms with van der Waals surface area (Å²) in [5, 5.41) is 0.641. The zero-order valence-corrected chi connectivity index (χ0v) is 24.7. The van der Waals surface area contributed by atoms with Crippen LogP contribution in [0.25, 0.3) is 0 Å². The van der Waals surface area contributed by atoms with Crippen molar-refractivity contribution < 1.29 is 18.8 Å². The number of benzene rings is 1. The highest BCUT2D eigenvalue weighted by molar-refractivity contribution is 7.80. The standard InChI is InChI=1S/C26H40ClNO4SSi/c1-16(23(33)18-11-13-19(27)14-12-18)22-21(17(2)32-34(9,10)26(6,7)8)24(30)28(22)20(15-29)31-25(3,4)5/h11-17,20-22H,1-10H3/t16-,17-,20?,21-,22-/m1/s1. The van der Waals surface area contributed by atoms with E-state index in [1.54, 1.807) is 17.0 Å². The van der Waals surface area contributed by atoms with E-state index in [4.69, 9.17) is 33.0 Å². The molecule has 1 amide bonds. The molecule has 2 rings (SSSR count). The Balaban J connectivity index is 2.42. The third-order valence-electron chi connectivity index (χ3n) is 6.94. The Labute approximate surface area is 216 Å². The molecule has 1 aromatic carbocycles. The number of β-lactam (4-membered cyclic amide) rings is 1. The molecule has 1 aliphatic heterocycles. The van der Waals surface area contributed by atoms with Crippen LogP contribution in [0.15, 0.2) is 24.3 Å². The van der Waals surface area contributed by atoms with E-state index in [9.17, 15) is 9.59 Å². The van der Waals surface area contributed by atoms with E-state index < -0.39 is 26.1 Å². The Hall–Kier alpha value is -1.12.